The van der Waals surface area contributed by atoms with Gasteiger partial charge in [-0.05, 0) is 18.4 Å². The molecule has 0 fully saturated rings. The molecule has 2 aromatic rings. The summed E-state index contributed by atoms with van der Waals surface area (Å²) < 4.78 is 9.83. The van der Waals surface area contributed by atoms with Crippen molar-refractivity contribution in [1.29, 1.82) is 0 Å². The minimum atomic E-state index is -0.528. The first kappa shape index (κ1) is 13.5. The second-order valence-electron chi connectivity index (χ2n) is 2.86. The van der Waals surface area contributed by atoms with E-state index < -0.39 is 5.76 Å². The van der Waals surface area contributed by atoms with E-state index in [0.29, 0.717) is 18.9 Å². The smallest absolute Gasteiger partial charge is 0.438 e. The van der Waals surface area contributed by atoms with Gasteiger partial charge in [0.2, 0.25) is 0 Å². The summed E-state index contributed by atoms with van der Waals surface area (Å²) >= 11 is 1.56. The molecule has 0 aliphatic carbocycles. The molecule has 0 amide bonds. The van der Waals surface area contributed by atoms with E-state index in [0.717, 1.165) is 10.6 Å². The third kappa shape index (κ3) is 3.74. The van der Waals surface area contributed by atoms with Crippen molar-refractivity contribution >= 4 is 11.3 Å². The van der Waals surface area contributed by atoms with Gasteiger partial charge in [-0.25, -0.2) is 4.79 Å². The van der Waals surface area contributed by atoms with Crippen LogP contribution in [0.5, 0.6) is 5.75 Å². The lowest BCUT2D eigenvalue weighted by molar-refractivity contribution is 0.338. The number of hydrogen-bond donors (Lipinski definition) is 1. The summed E-state index contributed by atoms with van der Waals surface area (Å²) in [5.74, 6) is 0.828. The van der Waals surface area contributed by atoms with Gasteiger partial charge < -0.3 is 4.74 Å². The number of ether oxygens (including phenoxy) is 1. The van der Waals surface area contributed by atoms with Crippen LogP contribution in [0.3, 0.4) is 0 Å². The van der Waals surface area contributed by atoms with Crippen molar-refractivity contribution in [1.82, 2.24) is 10.1 Å². The quantitative estimate of drug-likeness (QED) is 0.912. The molecule has 6 heteroatoms. The molecule has 5 nitrogen and oxygen atoms in total. The molecule has 1 N–H and O–H groups in total. The van der Waals surface area contributed by atoms with Gasteiger partial charge in [-0.15, -0.1) is 11.3 Å². The molecular formula is C11H16N2O3S. The van der Waals surface area contributed by atoms with Crippen LogP contribution in [0.1, 0.15) is 31.5 Å². The fourth-order valence-corrected chi connectivity index (χ4v) is 2.05. The standard InChI is InChI=1S/C9H10N2O3S.C2H6/c1-2-13-6-3-4-15-7(6)5-8-10-9(12)14-11-8;1-2/h3-4H,2,5H2,1H3,(H,10,11,12);1-2H3. The molecule has 2 heterocycles. The van der Waals surface area contributed by atoms with Crippen LogP contribution in [-0.2, 0) is 6.42 Å². The number of H-pyrrole nitrogens is 1. The number of nitrogens with one attached hydrogen (secondary N) is 1. The molecule has 0 radical (unpaired) electrons. The predicted octanol–water partition coefficient (Wildman–Crippen LogP) is 2.44. The summed E-state index contributed by atoms with van der Waals surface area (Å²) in [6.45, 7) is 6.55. The van der Waals surface area contributed by atoms with Gasteiger partial charge in [0, 0.05) is 6.42 Å². The molecule has 17 heavy (non-hydrogen) atoms. The van der Waals surface area contributed by atoms with E-state index in [1.807, 2.05) is 32.2 Å². The number of hydrogen-bond acceptors (Lipinski definition) is 5. The molecule has 2 aromatic heterocycles. The van der Waals surface area contributed by atoms with Crippen molar-refractivity contribution < 1.29 is 9.26 Å². The minimum absolute atomic E-state index is 0.517. The van der Waals surface area contributed by atoms with Gasteiger partial charge in [-0.3, -0.25) is 9.51 Å². The zero-order valence-electron chi connectivity index (χ0n) is 10.1. The fraction of sp³-hybridized carbons (Fsp3) is 0.455. The van der Waals surface area contributed by atoms with Crippen LogP contribution < -0.4 is 10.5 Å². The van der Waals surface area contributed by atoms with E-state index in [4.69, 9.17) is 4.74 Å². The Kier molecular flexibility index (Phi) is 5.48. The van der Waals surface area contributed by atoms with Gasteiger partial charge in [0.15, 0.2) is 5.82 Å². The first-order valence-corrected chi connectivity index (χ1v) is 6.41. The van der Waals surface area contributed by atoms with E-state index in [1.54, 1.807) is 11.3 Å². The molecular weight excluding hydrogens is 240 g/mol. The molecule has 0 aromatic carbocycles. The van der Waals surface area contributed by atoms with Gasteiger partial charge in [-0.1, -0.05) is 19.0 Å². The van der Waals surface area contributed by atoms with Crippen molar-refractivity contribution in [3.05, 3.63) is 32.7 Å². The summed E-state index contributed by atoms with van der Waals surface area (Å²) in [4.78, 5) is 14.2. The average Bonchev–Trinajstić information content (AvgIpc) is 2.93. The van der Waals surface area contributed by atoms with Crippen molar-refractivity contribution in [3.8, 4) is 5.75 Å². The highest BCUT2D eigenvalue weighted by Crippen LogP contribution is 2.26. The molecule has 0 atom stereocenters. The zero-order valence-corrected chi connectivity index (χ0v) is 11.0. The lowest BCUT2D eigenvalue weighted by Crippen LogP contribution is -1.98. The van der Waals surface area contributed by atoms with Gasteiger partial charge in [-0.2, -0.15) is 0 Å². The van der Waals surface area contributed by atoms with Crippen LogP contribution in [0.2, 0.25) is 0 Å². The van der Waals surface area contributed by atoms with Gasteiger partial charge in [0.25, 0.3) is 0 Å². The Labute approximate surface area is 103 Å². The topological polar surface area (TPSA) is 68.1 Å². The van der Waals surface area contributed by atoms with E-state index >= 15 is 0 Å². The van der Waals surface area contributed by atoms with E-state index in [1.165, 1.54) is 0 Å². The monoisotopic (exact) mass is 256 g/mol. The fourth-order valence-electron chi connectivity index (χ4n) is 1.23. The third-order valence-corrected chi connectivity index (χ3v) is 2.72. The Bertz CT molecular complexity index is 487. The van der Waals surface area contributed by atoms with Crippen LogP contribution in [0.25, 0.3) is 0 Å². The second kappa shape index (κ2) is 6.90. The van der Waals surface area contributed by atoms with Gasteiger partial charge in [0.1, 0.15) is 5.75 Å². The maximum absolute atomic E-state index is 10.7. The lowest BCUT2D eigenvalue weighted by Gasteiger charge is -2.01. The van der Waals surface area contributed by atoms with Crippen LogP contribution >= 0.6 is 11.3 Å². The maximum Gasteiger partial charge on any atom is 0.438 e. The van der Waals surface area contributed by atoms with Crippen molar-refractivity contribution in [2.24, 2.45) is 0 Å². The first-order chi connectivity index (χ1) is 8.29. The number of thiophene rings is 1. The highest BCUT2D eigenvalue weighted by Gasteiger charge is 2.09. The van der Waals surface area contributed by atoms with E-state index in [2.05, 4.69) is 14.7 Å². The maximum atomic E-state index is 10.7. The number of nitrogens with zero attached hydrogens (tertiary/aromatic N) is 1. The Balaban J connectivity index is 0.000000686. The summed E-state index contributed by atoms with van der Waals surface area (Å²) in [5, 5.41) is 5.54. The highest BCUT2D eigenvalue weighted by molar-refractivity contribution is 7.10. The summed E-state index contributed by atoms with van der Waals surface area (Å²) in [6, 6.07) is 1.90. The van der Waals surface area contributed by atoms with Gasteiger partial charge in [0.05, 0.1) is 11.5 Å². The van der Waals surface area contributed by atoms with Crippen molar-refractivity contribution in [3.63, 3.8) is 0 Å². The Morgan fingerprint density at radius 2 is 2.29 bits per heavy atom. The van der Waals surface area contributed by atoms with Crippen LogP contribution in [0.4, 0.5) is 0 Å². The Morgan fingerprint density at radius 3 is 2.88 bits per heavy atom. The van der Waals surface area contributed by atoms with E-state index in [9.17, 15) is 4.79 Å². The molecule has 0 aliphatic heterocycles. The average molecular weight is 256 g/mol. The SMILES string of the molecule is CC.CCOc1ccsc1Cc1noc(=O)[nH]1. The van der Waals surface area contributed by atoms with Crippen molar-refractivity contribution in [2.75, 3.05) is 6.61 Å². The van der Waals surface area contributed by atoms with E-state index in [-0.39, 0.29) is 0 Å². The highest BCUT2D eigenvalue weighted by atomic mass is 32.1. The molecule has 94 valence electrons. The third-order valence-electron chi connectivity index (χ3n) is 1.82. The van der Waals surface area contributed by atoms with Crippen LogP contribution in [-0.4, -0.2) is 16.7 Å². The Morgan fingerprint density at radius 1 is 1.53 bits per heavy atom. The number of aromatic amines is 1. The molecule has 2 rings (SSSR count). The number of aromatic nitrogens is 2. The molecule has 0 saturated carbocycles. The first-order valence-electron chi connectivity index (χ1n) is 5.53. The molecule has 0 spiro atoms. The van der Waals surface area contributed by atoms with Gasteiger partial charge >= 0.3 is 5.76 Å². The predicted molar refractivity (Wildman–Crippen MR) is 66.8 cm³/mol. The van der Waals surface area contributed by atoms with Crippen molar-refractivity contribution in [2.45, 2.75) is 27.2 Å². The summed E-state index contributed by atoms with van der Waals surface area (Å²) in [5.41, 5.74) is 0. The van der Waals surface area contributed by atoms with Crippen LogP contribution in [0.15, 0.2) is 20.8 Å². The summed E-state index contributed by atoms with van der Waals surface area (Å²) in [7, 11) is 0. The largest absolute Gasteiger partial charge is 0.493 e. The normalized spacial score (nSPS) is 9.59. The van der Waals surface area contributed by atoms with Crippen LogP contribution in [0, 0.1) is 0 Å². The second-order valence-corrected chi connectivity index (χ2v) is 3.86. The molecule has 0 unspecified atom stereocenters. The Hall–Kier alpha value is -1.56. The number of rotatable bonds is 4. The summed E-state index contributed by atoms with van der Waals surface area (Å²) in [6.07, 6.45) is 0.527. The minimum Gasteiger partial charge on any atom is -0.493 e. The lowest BCUT2D eigenvalue weighted by atomic mass is 10.3. The molecule has 0 aliphatic rings. The zero-order chi connectivity index (χ0) is 12.7. The molecule has 0 saturated heterocycles. The molecule has 0 bridgehead atoms.